The molecule has 130 valence electrons. The van der Waals surface area contributed by atoms with Gasteiger partial charge in [-0.25, -0.2) is 4.79 Å². The van der Waals surface area contributed by atoms with Crippen LogP contribution in [0.4, 0.5) is 0 Å². The Morgan fingerprint density at radius 3 is 2.44 bits per heavy atom. The summed E-state index contributed by atoms with van der Waals surface area (Å²) in [5, 5.41) is 0. The molecule has 1 aliphatic rings. The zero-order valence-corrected chi connectivity index (χ0v) is 13.9. The quantitative estimate of drug-likeness (QED) is 0.572. The fourth-order valence-electron chi connectivity index (χ4n) is 2.57. The molecule has 3 rings (SSSR count). The van der Waals surface area contributed by atoms with Gasteiger partial charge in [-0.05, 0) is 37.1 Å². The minimum atomic E-state index is -0.532. The van der Waals surface area contributed by atoms with Gasteiger partial charge in [-0.1, -0.05) is 30.3 Å². The van der Waals surface area contributed by atoms with Gasteiger partial charge in [0.25, 0.3) is 0 Å². The van der Waals surface area contributed by atoms with E-state index in [0.29, 0.717) is 23.5 Å². The first-order chi connectivity index (χ1) is 12.2. The molecule has 0 aromatic heterocycles. The van der Waals surface area contributed by atoms with E-state index in [-0.39, 0.29) is 18.5 Å². The smallest absolute Gasteiger partial charge is 0.338 e. The SMILES string of the molecule is O=C(COC(=O)c1ccc(OC[C@@H]2CCCO2)cc1)c1ccccc1. The first kappa shape index (κ1) is 17.2. The summed E-state index contributed by atoms with van der Waals surface area (Å²) >= 11 is 0. The lowest BCUT2D eigenvalue weighted by Gasteiger charge is -2.11. The maximum absolute atomic E-state index is 12.0. The molecule has 1 atom stereocenters. The Labute approximate surface area is 146 Å². The number of benzene rings is 2. The molecule has 1 fully saturated rings. The summed E-state index contributed by atoms with van der Waals surface area (Å²) in [6.07, 6.45) is 2.23. The van der Waals surface area contributed by atoms with Crippen LogP contribution in [-0.4, -0.2) is 37.7 Å². The second-order valence-electron chi connectivity index (χ2n) is 5.84. The molecule has 0 spiro atoms. The molecular weight excluding hydrogens is 320 g/mol. The van der Waals surface area contributed by atoms with Crippen LogP contribution < -0.4 is 4.74 Å². The molecule has 5 heteroatoms. The zero-order chi connectivity index (χ0) is 17.5. The zero-order valence-electron chi connectivity index (χ0n) is 13.9. The molecule has 0 radical (unpaired) electrons. The Morgan fingerprint density at radius 2 is 1.76 bits per heavy atom. The molecule has 0 saturated carbocycles. The molecule has 0 bridgehead atoms. The van der Waals surface area contributed by atoms with Crippen molar-refractivity contribution in [2.75, 3.05) is 19.8 Å². The fraction of sp³-hybridized carbons (Fsp3) is 0.300. The molecule has 25 heavy (non-hydrogen) atoms. The number of carbonyl (C=O) groups is 2. The second-order valence-corrected chi connectivity index (χ2v) is 5.84. The van der Waals surface area contributed by atoms with E-state index in [9.17, 15) is 9.59 Å². The standard InChI is InChI=1S/C20H20O5/c21-19(15-5-2-1-3-6-15)14-25-20(22)16-8-10-17(11-9-16)24-13-18-7-4-12-23-18/h1-3,5-6,8-11,18H,4,7,12-14H2/t18-/m0/s1. The van der Waals surface area contributed by atoms with E-state index in [1.807, 2.05) is 6.07 Å². The molecule has 5 nitrogen and oxygen atoms in total. The third-order valence-corrected chi connectivity index (χ3v) is 3.98. The van der Waals surface area contributed by atoms with E-state index in [1.54, 1.807) is 48.5 Å². The number of hydrogen-bond acceptors (Lipinski definition) is 5. The highest BCUT2D eigenvalue weighted by molar-refractivity contribution is 5.99. The summed E-state index contributed by atoms with van der Waals surface area (Å²) in [6, 6.07) is 15.4. The molecule has 0 aliphatic carbocycles. The van der Waals surface area contributed by atoms with Crippen LogP contribution in [0, 0.1) is 0 Å². The molecular formula is C20H20O5. The van der Waals surface area contributed by atoms with Gasteiger partial charge < -0.3 is 14.2 Å². The lowest BCUT2D eigenvalue weighted by Crippen LogP contribution is -2.16. The van der Waals surface area contributed by atoms with Crippen LogP contribution >= 0.6 is 0 Å². The van der Waals surface area contributed by atoms with E-state index >= 15 is 0 Å². The molecule has 0 N–H and O–H groups in total. The van der Waals surface area contributed by atoms with Gasteiger partial charge in [0.15, 0.2) is 12.4 Å². The Kier molecular flexibility index (Phi) is 5.80. The van der Waals surface area contributed by atoms with Crippen LogP contribution in [-0.2, 0) is 9.47 Å². The van der Waals surface area contributed by atoms with Gasteiger partial charge >= 0.3 is 5.97 Å². The van der Waals surface area contributed by atoms with E-state index in [1.165, 1.54) is 0 Å². The molecule has 2 aromatic rings. The predicted molar refractivity (Wildman–Crippen MR) is 92.0 cm³/mol. The minimum Gasteiger partial charge on any atom is -0.491 e. The summed E-state index contributed by atoms with van der Waals surface area (Å²) in [6.45, 7) is 1.02. The third-order valence-electron chi connectivity index (χ3n) is 3.98. The number of esters is 1. The van der Waals surface area contributed by atoms with Crippen molar-refractivity contribution in [2.45, 2.75) is 18.9 Å². The molecule has 2 aromatic carbocycles. The Balaban J connectivity index is 1.47. The lowest BCUT2D eigenvalue weighted by atomic mass is 10.1. The van der Waals surface area contributed by atoms with Gasteiger partial charge in [0.1, 0.15) is 12.4 Å². The van der Waals surface area contributed by atoms with Gasteiger partial charge in [0.05, 0.1) is 11.7 Å². The molecule has 0 amide bonds. The average Bonchev–Trinajstić information content (AvgIpc) is 3.19. The molecule has 1 heterocycles. The highest BCUT2D eigenvalue weighted by Gasteiger charge is 2.16. The maximum Gasteiger partial charge on any atom is 0.338 e. The summed E-state index contributed by atoms with van der Waals surface area (Å²) in [7, 11) is 0. The third kappa shape index (κ3) is 4.90. The number of Topliss-reactive ketones (excluding diaryl/α,β-unsaturated/α-hetero) is 1. The van der Waals surface area contributed by atoms with Crippen LogP contribution in [0.25, 0.3) is 0 Å². The van der Waals surface area contributed by atoms with Crippen molar-refractivity contribution >= 4 is 11.8 Å². The molecule has 1 aliphatic heterocycles. The Hall–Kier alpha value is -2.66. The monoisotopic (exact) mass is 340 g/mol. The topological polar surface area (TPSA) is 61.8 Å². The van der Waals surface area contributed by atoms with E-state index < -0.39 is 5.97 Å². The number of rotatable bonds is 7. The van der Waals surface area contributed by atoms with Crippen LogP contribution in [0.1, 0.15) is 33.6 Å². The number of carbonyl (C=O) groups excluding carboxylic acids is 2. The van der Waals surface area contributed by atoms with Crippen LogP contribution in [0.15, 0.2) is 54.6 Å². The van der Waals surface area contributed by atoms with Gasteiger partial charge in [0, 0.05) is 12.2 Å². The Bertz CT molecular complexity index is 703. The van der Waals surface area contributed by atoms with Crippen molar-refractivity contribution in [2.24, 2.45) is 0 Å². The number of hydrogen-bond donors (Lipinski definition) is 0. The summed E-state index contributed by atoms with van der Waals surface area (Å²) in [4.78, 5) is 24.0. The normalized spacial score (nSPS) is 16.4. The van der Waals surface area contributed by atoms with Gasteiger partial charge in [-0.2, -0.15) is 0 Å². The van der Waals surface area contributed by atoms with E-state index in [2.05, 4.69) is 0 Å². The largest absolute Gasteiger partial charge is 0.491 e. The highest BCUT2D eigenvalue weighted by Crippen LogP contribution is 2.17. The first-order valence-corrected chi connectivity index (χ1v) is 8.32. The average molecular weight is 340 g/mol. The summed E-state index contributed by atoms with van der Waals surface area (Å²) in [5.41, 5.74) is 0.901. The number of ketones is 1. The van der Waals surface area contributed by atoms with Crippen LogP contribution in [0.5, 0.6) is 5.75 Å². The van der Waals surface area contributed by atoms with Crippen LogP contribution in [0.2, 0.25) is 0 Å². The predicted octanol–water partition coefficient (Wildman–Crippen LogP) is 3.28. The summed E-state index contributed by atoms with van der Waals surface area (Å²) < 4.78 is 16.2. The van der Waals surface area contributed by atoms with Crippen molar-refractivity contribution in [1.29, 1.82) is 0 Å². The molecule has 1 saturated heterocycles. The maximum atomic E-state index is 12.0. The Morgan fingerprint density at radius 1 is 1.00 bits per heavy atom. The fourth-order valence-corrected chi connectivity index (χ4v) is 2.57. The van der Waals surface area contributed by atoms with Crippen molar-refractivity contribution in [3.05, 3.63) is 65.7 Å². The van der Waals surface area contributed by atoms with Gasteiger partial charge in [-0.15, -0.1) is 0 Å². The second kappa shape index (κ2) is 8.44. The van der Waals surface area contributed by atoms with E-state index in [0.717, 1.165) is 19.4 Å². The first-order valence-electron chi connectivity index (χ1n) is 8.32. The van der Waals surface area contributed by atoms with Crippen LogP contribution in [0.3, 0.4) is 0 Å². The summed E-state index contributed by atoms with van der Waals surface area (Å²) in [5.74, 6) is -0.0900. The molecule has 0 unspecified atom stereocenters. The lowest BCUT2D eigenvalue weighted by molar-refractivity contribution is 0.0474. The van der Waals surface area contributed by atoms with Crippen molar-refractivity contribution in [3.63, 3.8) is 0 Å². The number of ether oxygens (including phenoxy) is 3. The van der Waals surface area contributed by atoms with Crippen molar-refractivity contribution in [3.8, 4) is 5.75 Å². The van der Waals surface area contributed by atoms with Crippen molar-refractivity contribution in [1.82, 2.24) is 0 Å². The van der Waals surface area contributed by atoms with Crippen molar-refractivity contribution < 1.29 is 23.8 Å². The highest BCUT2D eigenvalue weighted by atomic mass is 16.5. The van der Waals surface area contributed by atoms with E-state index in [4.69, 9.17) is 14.2 Å². The van der Waals surface area contributed by atoms with Gasteiger partial charge in [-0.3, -0.25) is 4.79 Å². The minimum absolute atomic E-state index is 0.147. The van der Waals surface area contributed by atoms with Gasteiger partial charge in [0.2, 0.25) is 0 Å².